The molecule has 0 unspecified atom stereocenters. The zero-order valence-electron chi connectivity index (χ0n) is 21.6. The third-order valence-corrected chi connectivity index (χ3v) is 6.32. The molecule has 1 atom stereocenters. The van der Waals surface area contributed by atoms with Crippen LogP contribution < -0.4 is 14.8 Å². The molecule has 3 N–H and O–H groups in total. The molecule has 4 rings (SSSR count). The van der Waals surface area contributed by atoms with Gasteiger partial charge in [-0.1, -0.05) is 78.9 Å². The van der Waals surface area contributed by atoms with Gasteiger partial charge < -0.3 is 25.0 Å². The summed E-state index contributed by atoms with van der Waals surface area (Å²) in [4.78, 5) is 0. The van der Waals surface area contributed by atoms with Gasteiger partial charge >= 0.3 is 5.92 Å². The smallest absolute Gasteiger partial charge is 0.306 e. The molecule has 7 heteroatoms. The Morgan fingerprint density at radius 2 is 1.51 bits per heavy atom. The van der Waals surface area contributed by atoms with Crippen LogP contribution in [-0.2, 0) is 25.6 Å². The van der Waals surface area contributed by atoms with Crippen LogP contribution in [0.25, 0.3) is 0 Å². The van der Waals surface area contributed by atoms with Gasteiger partial charge in [0.2, 0.25) is 0 Å². The highest BCUT2D eigenvalue weighted by atomic mass is 19.3. The van der Waals surface area contributed by atoms with Crippen LogP contribution in [-0.4, -0.2) is 29.9 Å². The van der Waals surface area contributed by atoms with Gasteiger partial charge in [0.15, 0.2) is 6.61 Å². The van der Waals surface area contributed by atoms with Crippen LogP contribution >= 0.6 is 0 Å². The summed E-state index contributed by atoms with van der Waals surface area (Å²) in [6.07, 6.45) is -0.138. The van der Waals surface area contributed by atoms with Crippen molar-refractivity contribution >= 4 is 0 Å². The fourth-order valence-electron chi connectivity index (χ4n) is 4.13. The normalized spacial score (nSPS) is 12.2. The maximum Gasteiger partial charge on any atom is 0.306 e. The molecule has 4 aromatic carbocycles. The molecule has 0 bridgehead atoms. The van der Waals surface area contributed by atoms with Crippen LogP contribution in [0.2, 0.25) is 0 Å². The maximum atomic E-state index is 14.4. The third-order valence-electron chi connectivity index (χ3n) is 6.32. The van der Waals surface area contributed by atoms with Crippen LogP contribution in [0.15, 0.2) is 103 Å². The van der Waals surface area contributed by atoms with Gasteiger partial charge in [-0.3, -0.25) is 0 Å². The van der Waals surface area contributed by atoms with E-state index in [-0.39, 0.29) is 12.2 Å². The summed E-state index contributed by atoms with van der Waals surface area (Å²) < 4.78 is 40.1. The fraction of sp³-hybridized carbons (Fsp3) is 0.250. The molecule has 0 spiro atoms. The zero-order valence-corrected chi connectivity index (χ0v) is 21.6. The van der Waals surface area contributed by atoms with Crippen LogP contribution in [0.4, 0.5) is 8.78 Å². The number of hydrogen-bond acceptors (Lipinski definition) is 5. The lowest BCUT2D eigenvalue weighted by atomic mass is 10.0. The van der Waals surface area contributed by atoms with Crippen LogP contribution in [0.1, 0.15) is 33.9 Å². The molecule has 0 saturated carbocycles. The molecular weight excluding hydrogens is 500 g/mol. The molecule has 0 amide bonds. The summed E-state index contributed by atoms with van der Waals surface area (Å²) in [5.74, 6) is -2.12. The minimum absolute atomic E-state index is 0.0793. The number of aliphatic hydroxyl groups excluding tert-OH is 2. The summed E-state index contributed by atoms with van der Waals surface area (Å²) >= 11 is 0. The molecular formula is C32H33F2NO4. The van der Waals surface area contributed by atoms with Gasteiger partial charge in [-0.2, -0.15) is 8.78 Å². The van der Waals surface area contributed by atoms with Crippen molar-refractivity contribution in [1.82, 2.24) is 5.32 Å². The number of alkyl halides is 2. The first-order valence-electron chi connectivity index (χ1n) is 12.9. The first-order valence-corrected chi connectivity index (χ1v) is 12.9. The number of halogens is 2. The van der Waals surface area contributed by atoms with Crippen LogP contribution in [0.5, 0.6) is 11.5 Å². The van der Waals surface area contributed by atoms with Crippen molar-refractivity contribution in [2.75, 3.05) is 19.7 Å². The fourth-order valence-corrected chi connectivity index (χ4v) is 4.13. The van der Waals surface area contributed by atoms with E-state index in [9.17, 15) is 19.0 Å². The first-order chi connectivity index (χ1) is 18.9. The zero-order chi connectivity index (χ0) is 27.5. The van der Waals surface area contributed by atoms with Crippen molar-refractivity contribution in [3.63, 3.8) is 0 Å². The molecule has 204 valence electrons. The summed E-state index contributed by atoms with van der Waals surface area (Å²) in [5.41, 5.74) is 3.16. The molecule has 0 radical (unpaired) electrons. The highest BCUT2D eigenvalue weighted by Crippen LogP contribution is 2.29. The van der Waals surface area contributed by atoms with E-state index < -0.39 is 18.6 Å². The Morgan fingerprint density at radius 3 is 2.26 bits per heavy atom. The quantitative estimate of drug-likeness (QED) is 0.179. The molecule has 0 aromatic heterocycles. The lowest BCUT2D eigenvalue weighted by molar-refractivity contribution is -0.0467. The minimum atomic E-state index is -3.09. The molecule has 0 aliphatic carbocycles. The maximum absolute atomic E-state index is 14.4. The van der Waals surface area contributed by atoms with E-state index in [4.69, 9.17) is 9.47 Å². The monoisotopic (exact) mass is 533 g/mol. The predicted molar refractivity (Wildman–Crippen MR) is 147 cm³/mol. The standard InChI is InChI=1S/C32H33F2NO4/c33-32(34,28-11-5-2-6-12-28)23-39-29-13-7-10-24(18-29)16-17-35-20-30(37)26-14-15-31(27(19-26)21-36)38-22-25-8-3-1-4-9-25/h1-15,18-19,30,35-37H,16-17,20-23H2/t30-/m1/s1. The van der Waals surface area contributed by atoms with Gasteiger partial charge in [-0.05, 0) is 53.9 Å². The SMILES string of the molecule is OCc1cc([C@H](O)CNCCc2cccc(OCC(F)(F)c3ccccc3)c2)ccc1OCc1ccccc1. The largest absolute Gasteiger partial charge is 0.489 e. The molecule has 0 saturated heterocycles. The van der Waals surface area contributed by atoms with Gasteiger partial charge in [-0.25, -0.2) is 0 Å². The Kier molecular flexibility index (Phi) is 10.0. The molecule has 4 aromatic rings. The van der Waals surface area contributed by atoms with E-state index in [1.165, 1.54) is 12.1 Å². The lowest BCUT2D eigenvalue weighted by Gasteiger charge is -2.18. The number of ether oxygens (including phenoxy) is 2. The molecule has 5 nitrogen and oxygen atoms in total. The van der Waals surface area contributed by atoms with Crippen molar-refractivity contribution in [3.05, 3.63) is 131 Å². The van der Waals surface area contributed by atoms with E-state index in [0.717, 1.165) is 11.1 Å². The van der Waals surface area contributed by atoms with Crippen molar-refractivity contribution in [1.29, 1.82) is 0 Å². The van der Waals surface area contributed by atoms with Crippen LogP contribution in [0, 0.1) is 0 Å². The lowest BCUT2D eigenvalue weighted by Crippen LogP contribution is -2.24. The summed E-state index contributed by atoms with van der Waals surface area (Å²) in [6.45, 7) is 0.337. The Morgan fingerprint density at radius 1 is 0.795 bits per heavy atom. The van der Waals surface area contributed by atoms with Gasteiger partial charge in [0.05, 0.1) is 12.7 Å². The highest BCUT2D eigenvalue weighted by Gasteiger charge is 2.32. The molecule has 0 aliphatic rings. The second-order valence-electron chi connectivity index (χ2n) is 9.28. The molecule has 39 heavy (non-hydrogen) atoms. The Hall–Kier alpha value is -3.78. The predicted octanol–water partition coefficient (Wildman–Crippen LogP) is 5.79. The summed E-state index contributed by atoms with van der Waals surface area (Å²) in [5, 5.41) is 23.7. The number of benzene rings is 4. The van der Waals surface area contributed by atoms with E-state index in [1.54, 1.807) is 54.6 Å². The van der Waals surface area contributed by atoms with Crippen molar-refractivity contribution in [2.45, 2.75) is 31.7 Å². The van der Waals surface area contributed by atoms with E-state index >= 15 is 0 Å². The van der Waals surface area contributed by atoms with Crippen molar-refractivity contribution in [3.8, 4) is 11.5 Å². The van der Waals surface area contributed by atoms with Gasteiger partial charge in [0.25, 0.3) is 0 Å². The Bertz CT molecular complexity index is 1300. The number of rotatable bonds is 14. The van der Waals surface area contributed by atoms with Gasteiger partial charge in [0, 0.05) is 17.7 Å². The highest BCUT2D eigenvalue weighted by molar-refractivity contribution is 5.38. The van der Waals surface area contributed by atoms with Gasteiger partial charge in [-0.15, -0.1) is 0 Å². The second-order valence-corrected chi connectivity index (χ2v) is 9.28. The minimum Gasteiger partial charge on any atom is -0.489 e. The first kappa shape index (κ1) is 28.2. The van der Waals surface area contributed by atoms with E-state index in [2.05, 4.69) is 5.32 Å². The van der Waals surface area contributed by atoms with Crippen molar-refractivity contribution in [2.24, 2.45) is 0 Å². The van der Waals surface area contributed by atoms with Crippen molar-refractivity contribution < 1.29 is 28.5 Å². The molecule has 0 aliphatic heterocycles. The average Bonchev–Trinajstić information content (AvgIpc) is 2.98. The Labute approximate surface area is 227 Å². The number of hydrogen-bond donors (Lipinski definition) is 3. The number of aliphatic hydroxyl groups is 2. The molecule has 0 heterocycles. The number of nitrogens with one attached hydrogen (secondary N) is 1. The average molecular weight is 534 g/mol. The van der Waals surface area contributed by atoms with E-state index in [1.807, 2.05) is 36.4 Å². The van der Waals surface area contributed by atoms with E-state index in [0.29, 0.717) is 48.7 Å². The third kappa shape index (κ3) is 8.35. The topological polar surface area (TPSA) is 71.0 Å². The summed E-state index contributed by atoms with van der Waals surface area (Å²) in [6, 6.07) is 29.8. The Balaban J connectivity index is 1.23. The summed E-state index contributed by atoms with van der Waals surface area (Å²) in [7, 11) is 0. The second kappa shape index (κ2) is 13.8. The van der Waals surface area contributed by atoms with Crippen LogP contribution in [0.3, 0.4) is 0 Å². The van der Waals surface area contributed by atoms with Gasteiger partial charge in [0.1, 0.15) is 18.1 Å². The molecule has 0 fully saturated rings.